The minimum absolute atomic E-state index is 0.883. The first-order valence-electron chi connectivity index (χ1n) is 8.66. The molecule has 1 saturated heterocycles. The van der Waals surface area contributed by atoms with Gasteiger partial charge in [0.1, 0.15) is 5.75 Å². The van der Waals surface area contributed by atoms with Crippen LogP contribution < -0.4 is 10.1 Å². The molecule has 0 amide bonds. The second-order valence-corrected chi connectivity index (χ2v) is 6.40. The van der Waals surface area contributed by atoms with Crippen molar-refractivity contribution in [1.82, 2.24) is 14.5 Å². The molecule has 5 heteroatoms. The number of ether oxygens (including phenoxy) is 1. The summed E-state index contributed by atoms with van der Waals surface area (Å²) in [6.07, 6.45) is 6.25. The van der Waals surface area contributed by atoms with Gasteiger partial charge in [0.25, 0.3) is 0 Å². The average molecular weight is 316 g/mol. The van der Waals surface area contributed by atoms with Gasteiger partial charge in [-0.25, -0.2) is 4.98 Å². The number of hydrogen-bond acceptors (Lipinski definition) is 4. The fraction of sp³-hybridized carbons (Fsp3) is 0.611. The van der Waals surface area contributed by atoms with Crippen LogP contribution >= 0.6 is 0 Å². The van der Waals surface area contributed by atoms with Crippen molar-refractivity contribution in [3.05, 3.63) is 17.7 Å². The minimum atomic E-state index is 0.883. The van der Waals surface area contributed by atoms with Gasteiger partial charge in [0.05, 0.1) is 18.1 Å². The third-order valence-corrected chi connectivity index (χ3v) is 4.88. The van der Waals surface area contributed by atoms with Gasteiger partial charge in [-0.1, -0.05) is 0 Å². The SMILES string of the molecule is CNc1nc2cc(CCCCN3CCCC3)c(OC)cc2n1C. The molecule has 0 radical (unpaired) electrons. The van der Waals surface area contributed by atoms with Crippen molar-refractivity contribution in [2.75, 3.05) is 39.1 Å². The second-order valence-electron chi connectivity index (χ2n) is 6.40. The number of benzene rings is 1. The summed E-state index contributed by atoms with van der Waals surface area (Å²) in [6, 6.07) is 4.30. The van der Waals surface area contributed by atoms with E-state index < -0.39 is 0 Å². The van der Waals surface area contributed by atoms with Gasteiger partial charge in [0, 0.05) is 20.2 Å². The quantitative estimate of drug-likeness (QED) is 0.797. The van der Waals surface area contributed by atoms with E-state index >= 15 is 0 Å². The lowest BCUT2D eigenvalue weighted by atomic mass is 10.1. The molecule has 0 saturated carbocycles. The Kier molecular flexibility index (Phi) is 5.06. The predicted octanol–water partition coefficient (Wildman–Crippen LogP) is 3.04. The Balaban J connectivity index is 1.68. The summed E-state index contributed by atoms with van der Waals surface area (Å²) in [5.41, 5.74) is 3.40. The van der Waals surface area contributed by atoms with Crippen molar-refractivity contribution in [1.29, 1.82) is 0 Å². The number of methoxy groups -OCH3 is 1. The van der Waals surface area contributed by atoms with Crippen LogP contribution in [0.25, 0.3) is 11.0 Å². The Bertz CT molecular complexity index is 659. The number of aryl methyl sites for hydroxylation is 2. The highest BCUT2D eigenvalue weighted by molar-refractivity contribution is 5.81. The largest absolute Gasteiger partial charge is 0.496 e. The van der Waals surface area contributed by atoms with Crippen molar-refractivity contribution < 1.29 is 4.74 Å². The van der Waals surface area contributed by atoms with E-state index in [-0.39, 0.29) is 0 Å². The lowest BCUT2D eigenvalue weighted by Gasteiger charge is -2.14. The number of nitrogens with one attached hydrogen (secondary N) is 1. The van der Waals surface area contributed by atoms with Crippen molar-refractivity contribution in [3.63, 3.8) is 0 Å². The molecule has 2 aromatic rings. The van der Waals surface area contributed by atoms with Gasteiger partial charge < -0.3 is 19.5 Å². The molecular formula is C18H28N4O. The number of likely N-dealkylation sites (tertiary alicyclic amines) is 1. The van der Waals surface area contributed by atoms with E-state index in [0.29, 0.717) is 0 Å². The maximum absolute atomic E-state index is 5.61. The van der Waals surface area contributed by atoms with Crippen LogP contribution in [0.5, 0.6) is 5.75 Å². The Labute approximate surface area is 138 Å². The second kappa shape index (κ2) is 7.21. The molecule has 2 heterocycles. The third-order valence-electron chi connectivity index (χ3n) is 4.88. The van der Waals surface area contributed by atoms with E-state index in [4.69, 9.17) is 4.74 Å². The predicted molar refractivity (Wildman–Crippen MR) is 95.4 cm³/mol. The molecule has 3 rings (SSSR count). The van der Waals surface area contributed by atoms with Crippen molar-refractivity contribution in [3.8, 4) is 5.75 Å². The summed E-state index contributed by atoms with van der Waals surface area (Å²) in [7, 11) is 5.68. The van der Waals surface area contributed by atoms with Gasteiger partial charge in [0.15, 0.2) is 0 Å². The molecule has 1 fully saturated rings. The lowest BCUT2D eigenvalue weighted by molar-refractivity contribution is 0.329. The van der Waals surface area contributed by atoms with E-state index in [0.717, 1.165) is 29.2 Å². The van der Waals surface area contributed by atoms with Crippen LogP contribution in [0.15, 0.2) is 12.1 Å². The van der Waals surface area contributed by atoms with Crippen molar-refractivity contribution >= 4 is 17.0 Å². The molecule has 0 spiro atoms. The normalized spacial score (nSPS) is 15.4. The number of rotatable bonds is 7. The van der Waals surface area contributed by atoms with E-state index in [2.05, 4.69) is 31.9 Å². The van der Waals surface area contributed by atoms with E-state index in [9.17, 15) is 0 Å². The standard InChI is InChI=1S/C18H28N4O/c1-19-18-20-15-12-14(17(23-3)13-16(15)21(18)2)8-4-5-9-22-10-6-7-11-22/h12-13H,4-11H2,1-3H3,(H,19,20). The van der Waals surface area contributed by atoms with Gasteiger partial charge in [-0.15, -0.1) is 0 Å². The molecule has 1 aromatic carbocycles. The molecule has 0 unspecified atom stereocenters. The Morgan fingerprint density at radius 1 is 1.22 bits per heavy atom. The van der Waals surface area contributed by atoms with Crippen LogP contribution in [0.1, 0.15) is 31.2 Å². The molecule has 0 aliphatic carbocycles. The monoisotopic (exact) mass is 316 g/mol. The van der Waals surface area contributed by atoms with Crippen molar-refractivity contribution in [2.45, 2.75) is 32.1 Å². The number of aromatic nitrogens is 2. The molecular weight excluding hydrogens is 288 g/mol. The first kappa shape index (κ1) is 16.1. The number of nitrogens with zero attached hydrogens (tertiary/aromatic N) is 3. The third kappa shape index (κ3) is 3.44. The summed E-state index contributed by atoms with van der Waals surface area (Å²) in [5, 5.41) is 3.13. The van der Waals surface area contributed by atoms with Gasteiger partial charge in [-0.05, 0) is 63.4 Å². The van der Waals surface area contributed by atoms with Gasteiger partial charge in [-0.2, -0.15) is 0 Å². The van der Waals surface area contributed by atoms with Crippen LogP contribution in [-0.4, -0.2) is 48.2 Å². The fourth-order valence-corrected chi connectivity index (χ4v) is 3.53. The molecule has 23 heavy (non-hydrogen) atoms. The zero-order valence-corrected chi connectivity index (χ0v) is 14.6. The van der Waals surface area contributed by atoms with Crippen LogP contribution in [0.4, 0.5) is 5.95 Å². The highest BCUT2D eigenvalue weighted by atomic mass is 16.5. The van der Waals surface area contributed by atoms with E-state index in [1.807, 2.05) is 14.1 Å². The Hall–Kier alpha value is -1.75. The first-order chi connectivity index (χ1) is 11.2. The topological polar surface area (TPSA) is 42.3 Å². The fourth-order valence-electron chi connectivity index (χ4n) is 3.53. The number of fused-ring (bicyclic) bond motifs is 1. The summed E-state index contributed by atoms with van der Waals surface area (Å²) >= 11 is 0. The van der Waals surface area contributed by atoms with Gasteiger partial charge >= 0.3 is 0 Å². The smallest absolute Gasteiger partial charge is 0.203 e. The van der Waals surface area contributed by atoms with Crippen molar-refractivity contribution in [2.24, 2.45) is 7.05 Å². The summed E-state index contributed by atoms with van der Waals surface area (Å²) in [4.78, 5) is 7.23. The number of hydrogen-bond donors (Lipinski definition) is 1. The maximum atomic E-state index is 5.61. The van der Waals surface area contributed by atoms with Crippen LogP contribution in [0, 0.1) is 0 Å². The number of unbranched alkanes of at least 4 members (excludes halogenated alkanes) is 1. The molecule has 5 nitrogen and oxygen atoms in total. The molecule has 1 N–H and O–H groups in total. The Morgan fingerprint density at radius 3 is 2.70 bits per heavy atom. The highest BCUT2D eigenvalue weighted by Crippen LogP contribution is 2.28. The summed E-state index contributed by atoms with van der Waals surface area (Å²) in [6.45, 7) is 3.81. The molecule has 1 aliphatic heterocycles. The molecule has 0 atom stereocenters. The molecule has 0 bridgehead atoms. The zero-order valence-electron chi connectivity index (χ0n) is 14.6. The van der Waals surface area contributed by atoms with Gasteiger partial charge in [0.2, 0.25) is 5.95 Å². The van der Waals surface area contributed by atoms with E-state index in [1.54, 1.807) is 7.11 Å². The Morgan fingerprint density at radius 2 is 2.00 bits per heavy atom. The average Bonchev–Trinajstić information content (AvgIpc) is 3.19. The maximum Gasteiger partial charge on any atom is 0.203 e. The first-order valence-corrected chi connectivity index (χ1v) is 8.66. The molecule has 1 aliphatic rings. The summed E-state index contributed by atoms with van der Waals surface area (Å²) in [5.74, 6) is 1.86. The molecule has 1 aromatic heterocycles. The van der Waals surface area contributed by atoms with Crippen LogP contribution in [0.2, 0.25) is 0 Å². The van der Waals surface area contributed by atoms with Gasteiger partial charge in [-0.3, -0.25) is 0 Å². The zero-order chi connectivity index (χ0) is 16.2. The summed E-state index contributed by atoms with van der Waals surface area (Å²) < 4.78 is 7.67. The minimum Gasteiger partial charge on any atom is -0.496 e. The number of anilines is 1. The van der Waals surface area contributed by atoms with E-state index in [1.165, 1.54) is 50.9 Å². The number of imidazole rings is 1. The van der Waals surface area contributed by atoms with Crippen LogP contribution in [-0.2, 0) is 13.5 Å². The molecule has 126 valence electrons. The van der Waals surface area contributed by atoms with Crippen LogP contribution in [0.3, 0.4) is 0 Å². The lowest BCUT2D eigenvalue weighted by Crippen LogP contribution is -2.20. The highest BCUT2D eigenvalue weighted by Gasteiger charge is 2.13.